The third kappa shape index (κ3) is 5.83. The molecule has 1 atom stereocenters. The molecule has 0 aliphatic carbocycles. The summed E-state index contributed by atoms with van der Waals surface area (Å²) < 4.78 is 30.4. The molecule has 0 aromatic heterocycles. The second kappa shape index (κ2) is 10.1. The van der Waals surface area contributed by atoms with Crippen LogP contribution >= 0.6 is 0 Å². The van der Waals surface area contributed by atoms with Crippen LogP contribution in [0.4, 0.5) is 0 Å². The van der Waals surface area contributed by atoms with E-state index in [1.165, 1.54) is 5.56 Å². The predicted molar refractivity (Wildman–Crippen MR) is 117 cm³/mol. The topological polar surface area (TPSA) is 66.9 Å². The quantitative estimate of drug-likeness (QED) is 0.644. The molecule has 30 heavy (non-hydrogen) atoms. The number of methoxy groups -OCH3 is 1. The maximum Gasteiger partial charge on any atom is 0.222 e. The van der Waals surface area contributed by atoms with Gasteiger partial charge in [0.05, 0.1) is 17.8 Å². The van der Waals surface area contributed by atoms with Crippen molar-refractivity contribution in [2.24, 2.45) is 0 Å². The van der Waals surface area contributed by atoms with Gasteiger partial charge in [0.25, 0.3) is 0 Å². The Labute approximate surface area is 179 Å². The van der Waals surface area contributed by atoms with Crippen LogP contribution in [0.5, 0.6) is 5.75 Å². The van der Waals surface area contributed by atoms with Crippen LogP contribution in [-0.4, -0.2) is 63.2 Å². The number of carbonyl (C=O) groups excluding carboxylic acids is 1. The maximum atomic E-state index is 12.6. The van der Waals surface area contributed by atoms with Gasteiger partial charge in [-0.15, -0.1) is 0 Å². The van der Waals surface area contributed by atoms with Gasteiger partial charge in [-0.05, 0) is 49.7 Å². The minimum absolute atomic E-state index is 0.0375. The SMILES string of the molecule is COc1cccc(CN(C)C2CCC(=O)N(CCS(=O)(=O)c3ccccc3)CC2)c1. The first-order valence-corrected chi connectivity index (χ1v) is 11.9. The Morgan fingerprint density at radius 2 is 1.87 bits per heavy atom. The molecule has 1 aliphatic rings. The van der Waals surface area contributed by atoms with Crippen molar-refractivity contribution < 1.29 is 17.9 Å². The second-order valence-electron chi connectivity index (χ2n) is 7.76. The van der Waals surface area contributed by atoms with Crippen molar-refractivity contribution in [3.05, 3.63) is 60.2 Å². The van der Waals surface area contributed by atoms with Crippen LogP contribution in [0.1, 0.15) is 24.8 Å². The lowest BCUT2D eigenvalue weighted by Gasteiger charge is -2.27. The average Bonchev–Trinajstić information content (AvgIpc) is 2.94. The van der Waals surface area contributed by atoms with Crippen LogP contribution in [0.2, 0.25) is 0 Å². The zero-order valence-corrected chi connectivity index (χ0v) is 18.5. The third-order valence-electron chi connectivity index (χ3n) is 5.70. The highest BCUT2D eigenvalue weighted by Gasteiger charge is 2.26. The van der Waals surface area contributed by atoms with Crippen molar-refractivity contribution in [2.45, 2.75) is 36.7 Å². The number of hydrogen-bond acceptors (Lipinski definition) is 5. The number of rotatable bonds is 8. The summed E-state index contributed by atoms with van der Waals surface area (Å²) in [5.41, 5.74) is 1.17. The highest BCUT2D eigenvalue weighted by atomic mass is 32.2. The fourth-order valence-corrected chi connectivity index (χ4v) is 5.13. The van der Waals surface area contributed by atoms with E-state index in [0.717, 1.165) is 25.1 Å². The van der Waals surface area contributed by atoms with Gasteiger partial charge in [-0.25, -0.2) is 8.42 Å². The number of carbonyl (C=O) groups is 1. The fraction of sp³-hybridized carbons (Fsp3) is 0.435. The molecule has 0 spiro atoms. The molecular formula is C23H30N2O4S. The summed E-state index contributed by atoms with van der Waals surface area (Å²) >= 11 is 0. The number of sulfone groups is 1. The van der Waals surface area contributed by atoms with E-state index < -0.39 is 9.84 Å². The van der Waals surface area contributed by atoms with Gasteiger partial charge in [0.2, 0.25) is 5.91 Å². The van der Waals surface area contributed by atoms with Crippen LogP contribution in [-0.2, 0) is 21.2 Å². The van der Waals surface area contributed by atoms with E-state index in [4.69, 9.17) is 4.74 Å². The third-order valence-corrected chi connectivity index (χ3v) is 7.41. The van der Waals surface area contributed by atoms with Gasteiger partial charge < -0.3 is 9.64 Å². The van der Waals surface area contributed by atoms with Crippen molar-refractivity contribution in [2.75, 3.05) is 33.0 Å². The first-order chi connectivity index (χ1) is 14.4. The van der Waals surface area contributed by atoms with Crippen molar-refractivity contribution in [1.29, 1.82) is 0 Å². The molecule has 0 saturated carbocycles. The zero-order chi connectivity index (χ0) is 21.6. The number of likely N-dealkylation sites (tertiary alicyclic amines) is 1. The normalized spacial score (nSPS) is 17.8. The number of ether oxygens (including phenoxy) is 1. The van der Waals surface area contributed by atoms with Crippen LogP contribution in [0.3, 0.4) is 0 Å². The minimum atomic E-state index is -3.39. The Morgan fingerprint density at radius 3 is 2.60 bits per heavy atom. The van der Waals surface area contributed by atoms with Crippen molar-refractivity contribution in [1.82, 2.24) is 9.80 Å². The van der Waals surface area contributed by atoms with Gasteiger partial charge in [-0.3, -0.25) is 9.69 Å². The predicted octanol–water partition coefficient (Wildman–Crippen LogP) is 2.98. The molecule has 3 rings (SSSR count). The molecule has 1 saturated heterocycles. The zero-order valence-electron chi connectivity index (χ0n) is 17.7. The molecule has 2 aromatic carbocycles. The molecule has 1 fully saturated rings. The molecule has 7 heteroatoms. The molecule has 6 nitrogen and oxygen atoms in total. The van der Waals surface area contributed by atoms with Gasteiger partial charge in [0.1, 0.15) is 5.75 Å². The molecule has 1 unspecified atom stereocenters. The van der Waals surface area contributed by atoms with Crippen LogP contribution in [0.15, 0.2) is 59.5 Å². The van der Waals surface area contributed by atoms with E-state index in [9.17, 15) is 13.2 Å². The molecule has 0 radical (unpaired) electrons. The summed E-state index contributed by atoms with van der Waals surface area (Å²) in [4.78, 5) is 16.9. The van der Waals surface area contributed by atoms with Crippen LogP contribution < -0.4 is 4.74 Å². The van der Waals surface area contributed by atoms with Gasteiger partial charge in [0, 0.05) is 32.1 Å². The smallest absolute Gasteiger partial charge is 0.222 e. The molecule has 1 aliphatic heterocycles. The molecule has 0 bridgehead atoms. The lowest BCUT2D eigenvalue weighted by Crippen LogP contribution is -2.36. The fourth-order valence-electron chi connectivity index (χ4n) is 3.86. The summed E-state index contributed by atoms with van der Waals surface area (Å²) in [6.07, 6.45) is 2.05. The van der Waals surface area contributed by atoms with E-state index in [2.05, 4.69) is 18.0 Å². The lowest BCUT2D eigenvalue weighted by atomic mass is 10.1. The van der Waals surface area contributed by atoms with Crippen molar-refractivity contribution in [3.63, 3.8) is 0 Å². The number of hydrogen-bond donors (Lipinski definition) is 0. The number of nitrogens with zero attached hydrogens (tertiary/aromatic N) is 2. The Morgan fingerprint density at radius 1 is 1.10 bits per heavy atom. The van der Waals surface area contributed by atoms with E-state index in [1.807, 2.05) is 18.2 Å². The highest BCUT2D eigenvalue weighted by Crippen LogP contribution is 2.21. The summed E-state index contributed by atoms with van der Waals surface area (Å²) in [6, 6.07) is 16.7. The molecule has 1 amide bonds. The first-order valence-electron chi connectivity index (χ1n) is 10.3. The van der Waals surface area contributed by atoms with Gasteiger partial charge in [-0.1, -0.05) is 30.3 Å². The van der Waals surface area contributed by atoms with Gasteiger partial charge >= 0.3 is 0 Å². The number of amides is 1. The van der Waals surface area contributed by atoms with Crippen molar-refractivity contribution >= 4 is 15.7 Å². The molecule has 2 aromatic rings. The van der Waals surface area contributed by atoms with E-state index in [-0.39, 0.29) is 24.2 Å². The molecule has 162 valence electrons. The van der Waals surface area contributed by atoms with Crippen molar-refractivity contribution in [3.8, 4) is 5.75 Å². The number of benzene rings is 2. The Balaban J connectivity index is 1.56. The summed E-state index contributed by atoms with van der Waals surface area (Å²) in [6.45, 7) is 1.59. The second-order valence-corrected chi connectivity index (χ2v) is 9.87. The highest BCUT2D eigenvalue weighted by molar-refractivity contribution is 7.91. The van der Waals surface area contributed by atoms with E-state index in [0.29, 0.717) is 17.9 Å². The summed E-state index contributed by atoms with van der Waals surface area (Å²) in [7, 11) is 0.344. The Bertz CT molecular complexity index is 947. The average molecular weight is 431 g/mol. The van der Waals surface area contributed by atoms with E-state index in [1.54, 1.807) is 42.3 Å². The first kappa shape index (κ1) is 22.3. The largest absolute Gasteiger partial charge is 0.497 e. The Hall–Kier alpha value is -2.38. The molecule has 1 heterocycles. The maximum absolute atomic E-state index is 12.6. The summed E-state index contributed by atoms with van der Waals surface area (Å²) in [5, 5.41) is 0. The minimum Gasteiger partial charge on any atom is -0.497 e. The van der Waals surface area contributed by atoms with Gasteiger partial charge in [0.15, 0.2) is 9.84 Å². The molecular weight excluding hydrogens is 400 g/mol. The lowest BCUT2D eigenvalue weighted by molar-refractivity contribution is -0.130. The standard InChI is InChI=1S/C23H30N2O4S/c1-24(18-19-7-6-8-21(17-19)29-2)20-11-12-23(26)25(14-13-20)15-16-30(27,28)22-9-4-3-5-10-22/h3-10,17,20H,11-16,18H2,1-2H3. The van der Waals surface area contributed by atoms with Gasteiger partial charge in [-0.2, -0.15) is 0 Å². The molecule has 0 N–H and O–H groups in total. The van der Waals surface area contributed by atoms with Crippen LogP contribution in [0.25, 0.3) is 0 Å². The van der Waals surface area contributed by atoms with E-state index >= 15 is 0 Å². The summed E-state index contributed by atoms with van der Waals surface area (Å²) in [5.74, 6) is 0.825. The van der Waals surface area contributed by atoms with Crippen LogP contribution in [0, 0.1) is 0 Å². The Kier molecular flexibility index (Phi) is 7.50. The monoisotopic (exact) mass is 430 g/mol.